The molecule has 0 saturated carbocycles. The molecule has 0 fully saturated rings. The molecule has 1 N–H and O–H groups in total. The van der Waals surface area contributed by atoms with E-state index in [4.69, 9.17) is 9.83 Å². The summed E-state index contributed by atoms with van der Waals surface area (Å²) in [5.74, 6) is -0.294. The molecule has 138 valence electrons. The van der Waals surface area contributed by atoms with Crippen molar-refractivity contribution in [3.63, 3.8) is 0 Å². The number of aryl methyl sites for hydroxylation is 1. The molecule has 0 bridgehead atoms. The van der Waals surface area contributed by atoms with Gasteiger partial charge < -0.3 is 9.83 Å². The van der Waals surface area contributed by atoms with E-state index in [1.54, 1.807) is 24.3 Å². The number of para-hydroxylation sites is 1. The van der Waals surface area contributed by atoms with Gasteiger partial charge in [-0.25, -0.2) is 9.36 Å². The predicted octanol–water partition coefficient (Wildman–Crippen LogP) is 3.54. The van der Waals surface area contributed by atoms with Gasteiger partial charge in [-0.3, -0.25) is 4.79 Å². The van der Waals surface area contributed by atoms with E-state index < -0.39 is 5.76 Å². The first-order chi connectivity index (χ1) is 13.1. The molecule has 5 nitrogen and oxygen atoms in total. The summed E-state index contributed by atoms with van der Waals surface area (Å²) in [4.78, 5) is 25.0. The van der Waals surface area contributed by atoms with Crippen LogP contribution >= 0.6 is 0 Å². The predicted molar refractivity (Wildman–Crippen MR) is 106 cm³/mol. The standard InChI is InChI=1S/C22H22N2O3/c1-2-15-9-10-16-11-14(7-8-17(16)12-19(15)23)13-24-21(25)18-5-3-4-6-20(18)27-22(24)26/h3-8,11,15,23H,2,9-10,12-13H2,1H3. The number of nitrogens with zero attached hydrogens (tertiary/aromatic N) is 1. The van der Waals surface area contributed by atoms with Crippen LogP contribution < -0.4 is 11.3 Å². The lowest BCUT2D eigenvalue weighted by Gasteiger charge is -2.11. The highest BCUT2D eigenvalue weighted by atomic mass is 16.4. The van der Waals surface area contributed by atoms with E-state index in [-0.39, 0.29) is 12.1 Å². The third-order valence-corrected chi connectivity index (χ3v) is 5.52. The highest BCUT2D eigenvalue weighted by Gasteiger charge is 2.20. The average molecular weight is 362 g/mol. The average Bonchev–Trinajstić information content (AvgIpc) is 2.82. The van der Waals surface area contributed by atoms with Gasteiger partial charge in [0.1, 0.15) is 5.58 Å². The van der Waals surface area contributed by atoms with Gasteiger partial charge in [-0.05, 0) is 54.0 Å². The molecule has 0 radical (unpaired) electrons. The lowest BCUT2D eigenvalue weighted by Crippen LogP contribution is -2.32. The summed E-state index contributed by atoms with van der Waals surface area (Å²) in [6.45, 7) is 2.32. The SMILES string of the molecule is CCC1CCc2cc(Cn3c(=O)oc4ccccc4c3=O)ccc2CC1=N. The van der Waals surface area contributed by atoms with Crippen molar-refractivity contribution in [2.75, 3.05) is 0 Å². The number of nitrogens with one attached hydrogen (secondary N) is 1. The minimum absolute atomic E-state index is 0.188. The van der Waals surface area contributed by atoms with Gasteiger partial charge in [0.25, 0.3) is 5.56 Å². The molecule has 1 aliphatic rings. The number of rotatable bonds is 3. The summed E-state index contributed by atoms with van der Waals surface area (Å²) in [5, 5.41) is 8.69. The number of aromatic nitrogens is 1. The molecule has 1 aliphatic carbocycles. The third kappa shape index (κ3) is 3.25. The highest BCUT2D eigenvalue weighted by molar-refractivity contribution is 5.86. The van der Waals surface area contributed by atoms with Crippen LogP contribution in [0.3, 0.4) is 0 Å². The first-order valence-electron chi connectivity index (χ1n) is 9.37. The highest BCUT2D eigenvalue weighted by Crippen LogP contribution is 2.25. The van der Waals surface area contributed by atoms with Gasteiger partial charge in [0.15, 0.2) is 0 Å². The first kappa shape index (κ1) is 17.5. The molecular weight excluding hydrogens is 340 g/mol. The minimum atomic E-state index is -0.638. The summed E-state index contributed by atoms with van der Waals surface area (Å²) in [6.07, 6.45) is 3.58. The van der Waals surface area contributed by atoms with Crippen molar-refractivity contribution in [2.24, 2.45) is 5.92 Å². The van der Waals surface area contributed by atoms with E-state index in [0.717, 1.165) is 35.1 Å². The number of fused-ring (bicyclic) bond motifs is 2. The van der Waals surface area contributed by atoms with Crippen LogP contribution in [-0.4, -0.2) is 10.3 Å². The van der Waals surface area contributed by atoms with E-state index in [9.17, 15) is 9.59 Å². The van der Waals surface area contributed by atoms with E-state index in [1.165, 1.54) is 11.1 Å². The van der Waals surface area contributed by atoms with Crippen LogP contribution in [0.4, 0.5) is 0 Å². The zero-order valence-corrected chi connectivity index (χ0v) is 15.3. The molecule has 4 rings (SSSR count). The van der Waals surface area contributed by atoms with Gasteiger partial charge in [0.2, 0.25) is 0 Å². The van der Waals surface area contributed by atoms with Crippen LogP contribution in [0.15, 0.2) is 56.5 Å². The Labute approximate surface area is 156 Å². The van der Waals surface area contributed by atoms with Gasteiger partial charge in [-0.15, -0.1) is 0 Å². The molecule has 5 heteroatoms. The molecule has 1 unspecified atom stereocenters. The molecule has 0 aliphatic heterocycles. The van der Waals surface area contributed by atoms with Crippen LogP contribution in [-0.2, 0) is 19.4 Å². The Kier molecular flexibility index (Phi) is 4.52. The maximum atomic E-state index is 12.7. The third-order valence-electron chi connectivity index (χ3n) is 5.52. The zero-order valence-electron chi connectivity index (χ0n) is 15.3. The molecule has 0 amide bonds. The summed E-state index contributed by atoms with van der Waals surface area (Å²) < 4.78 is 6.45. The minimum Gasteiger partial charge on any atom is -0.409 e. The Morgan fingerprint density at radius 3 is 2.78 bits per heavy atom. The fourth-order valence-corrected chi connectivity index (χ4v) is 3.92. The lowest BCUT2D eigenvalue weighted by atomic mass is 9.95. The first-order valence-corrected chi connectivity index (χ1v) is 9.37. The van der Waals surface area contributed by atoms with E-state index >= 15 is 0 Å². The Hall–Kier alpha value is -2.95. The molecule has 27 heavy (non-hydrogen) atoms. The van der Waals surface area contributed by atoms with Gasteiger partial charge >= 0.3 is 5.76 Å². The molecule has 1 heterocycles. The largest absolute Gasteiger partial charge is 0.422 e. The summed E-state index contributed by atoms with van der Waals surface area (Å²) in [7, 11) is 0. The van der Waals surface area contributed by atoms with Crippen LogP contribution in [0.5, 0.6) is 0 Å². The summed E-state index contributed by atoms with van der Waals surface area (Å²) in [5.41, 5.74) is 4.08. The molecule has 0 saturated heterocycles. The van der Waals surface area contributed by atoms with Gasteiger partial charge in [0, 0.05) is 12.1 Å². The number of benzene rings is 2. The number of hydrogen-bond acceptors (Lipinski definition) is 4. The van der Waals surface area contributed by atoms with E-state index in [0.29, 0.717) is 23.3 Å². The van der Waals surface area contributed by atoms with Crippen LogP contribution in [0.25, 0.3) is 11.0 Å². The van der Waals surface area contributed by atoms with E-state index in [1.807, 2.05) is 12.1 Å². The molecule has 0 spiro atoms. The Morgan fingerprint density at radius 2 is 1.96 bits per heavy atom. The molecule has 1 aromatic heterocycles. The Bertz CT molecular complexity index is 1140. The normalized spacial score (nSPS) is 16.9. The van der Waals surface area contributed by atoms with Crippen LogP contribution in [0.1, 0.15) is 36.5 Å². The van der Waals surface area contributed by atoms with Gasteiger partial charge in [-0.2, -0.15) is 0 Å². The lowest BCUT2D eigenvalue weighted by molar-refractivity contribution is 0.471. The maximum Gasteiger partial charge on any atom is 0.422 e. The van der Waals surface area contributed by atoms with Crippen LogP contribution in [0.2, 0.25) is 0 Å². The van der Waals surface area contributed by atoms with Crippen molar-refractivity contribution in [3.05, 3.63) is 80.1 Å². The Balaban J connectivity index is 1.70. The van der Waals surface area contributed by atoms with Gasteiger partial charge in [0.05, 0.1) is 11.9 Å². The molecule has 3 aromatic rings. The van der Waals surface area contributed by atoms with Crippen molar-refractivity contribution >= 4 is 16.7 Å². The van der Waals surface area contributed by atoms with Crippen LogP contribution in [0, 0.1) is 11.3 Å². The van der Waals surface area contributed by atoms with Crippen molar-refractivity contribution in [3.8, 4) is 0 Å². The molecule has 2 aromatic carbocycles. The molecular formula is C22H22N2O3. The van der Waals surface area contributed by atoms with Crippen molar-refractivity contribution in [1.82, 2.24) is 4.57 Å². The summed E-state index contributed by atoms with van der Waals surface area (Å²) in [6, 6.07) is 12.8. The maximum absolute atomic E-state index is 12.7. The van der Waals surface area contributed by atoms with Crippen molar-refractivity contribution in [1.29, 1.82) is 5.41 Å². The van der Waals surface area contributed by atoms with Crippen molar-refractivity contribution in [2.45, 2.75) is 39.2 Å². The second-order valence-corrected chi connectivity index (χ2v) is 7.20. The smallest absolute Gasteiger partial charge is 0.409 e. The second-order valence-electron chi connectivity index (χ2n) is 7.20. The quantitative estimate of drug-likeness (QED) is 0.724. The van der Waals surface area contributed by atoms with Gasteiger partial charge in [-0.1, -0.05) is 37.3 Å². The fraction of sp³-hybridized carbons (Fsp3) is 0.318. The topological polar surface area (TPSA) is 76.1 Å². The fourth-order valence-electron chi connectivity index (χ4n) is 3.92. The molecule has 1 atom stereocenters. The Morgan fingerprint density at radius 1 is 1.15 bits per heavy atom. The second kappa shape index (κ2) is 6.99. The van der Waals surface area contributed by atoms with Crippen molar-refractivity contribution < 1.29 is 4.42 Å². The number of hydrogen-bond donors (Lipinski definition) is 1. The zero-order chi connectivity index (χ0) is 19.0. The monoisotopic (exact) mass is 362 g/mol. The van der Waals surface area contributed by atoms with E-state index in [2.05, 4.69) is 13.0 Å². The summed E-state index contributed by atoms with van der Waals surface area (Å²) >= 11 is 0.